The van der Waals surface area contributed by atoms with Gasteiger partial charge in [0.25, 0.3) is 0 Å². The largest absolute Gasteiger partial charge is 0.588 e. The fourth-order valence-electron chi connectivity index (χ4n) is 2.96. The minimum Gasteiger partial charge on any atom is -0.588 e. The van der Waals surface area contributed by atoms with Gasteiger partial charge in [0.05, 0.1) is 0 Å². The van der Waals surface area contributed by atoms with Gasteiger partial charge in [-0.25, -0.2) is 4.98 Å². The Morgan fingerprint density at radius 1 is 1.23 bits per heavy atom. The minimum atomic E-state index is -3.61. The third-order valence-corrected chi connectivity index (χ3v) is 6.41. The van der Waals surface area contributed by atoms with Gasteiger partial charge >= 0.3 is 0 Å². The first-order valence-electron chi connectivity index (χ1n) is 8.23. The molecule has 4 rings (SSSR count). The number of nitrogens with one attached hydrogen (secondary N) is 3. The Bertz CT molecular complexity index is 942. The summed E-state index contributed by atoms with van der Waals surface area (Å²) in [5, 5.41) is 8.85. The minimum absolute atomic E-state index is 0.209. The van der Waals surface area contributed by atoms with Gasteiger partial charge in [-0.05, 0) is 41.8 Å². The second kappa shape index (κ2) is 7.06. The van der Waals surface area contributed by atoms with Gasteiger partial charge in [-0.15, -0.1) is 11.3 Å². The van der Waals surface area contributed by atoms with Gasteiger partial charge in [0, 0.05) is 36.0 Å². The predicted octanol–water partition coefficient (Wildman–Crippen LogP) is 3.74. The van der Waals surface area contributed by atoms with Crippen molar-refractivity contribution >= 4 is 38.2 Å². The van der Waals surface area contributed by atoms with E-state index in [1.54, 1.807) is 35.8 Å². The van der Waals surface area contributed by atoms with E-state index in [2.05, 4.69) is 38.5 Å². The first kappa shape index (κ1) is 17.0. The van der Waals surface area contributed by atoms with Gasteiger partial charge in [-0.3, -0.25) is 0 Å². The number of hydrogen-bond acceptors (Lipinski definition) is 6. The lowest BCUT2D eigenvalue weighted by atomic mass is 10.1. The van der Waals surface area contributed by atoms with E-state index in [4.69, 9.17) is 0 Å². The average Bonchev–Trinajstić information content (AvgIpc) is 3.31. The van der Waals surface area contributed by atoms with Crippen LogP contribution in [0.5, 0.6) is 0 Å². The van der Waals surface area contributed by atoms with Gasteiger partial charge < -0.3 is 15.2 Å². The van der Waals surface area contributed by atoms with Crippen LogP contribution < -0.4 is 15.4 Å². The molecular formula is C18H18N4O2S2. The van der Waals surface area contributed by atoms with Crippen LogP contribution in [0.2, 0.25) is 0 Å². The van der Waals surface area contributed by atoms with Crippen molar-refractivity contribution in [3.05, 3.63) is 65.2 Å². The van der Waals surface area contributed by atoms with E-state index in [0.717, 1.165) is 18.7 Å². The Hall–Kier alpha value is -2.42. The zero-order chi connectivity index (χ0) is 18.0. The molecule has 3 aromatic rings. The molecule has 3 N–H and O–H groups in total. The molecule has 1 atom stereocenters. The number of thiazole rings is 1. The average molecular weight is 387 g/mol. The summed E-state index contributed by atoms with van der Waals surface area (Å²) in [6.07, 6.45) is 2.62. The molecule has 0 saturated carbocycles. The molecule has 8 heteroatoms. The Morgan fingerprint density at radius 2 is 2.08 bits per heavy atom. The maximum Gasteiger partial charge on any atom is 0.225 e. The van der Waals surface area contributed by atoms with Crippen molar-refractivity contribution in [2.24, 2.45) is 0 Å². The SMILES string of the molecule is O=[S+]([O-])(Nc1nccs1)c1ccc(NCc2cccc3c2NCC3)cc1. The molecule has 0 amide bonds. The molecule has 0 saturated heterocycles. The van der Waals surface area contributed by atoms with Gasteiger partial charge in [0.2, 0.25) is 5.13 Å². The lowest BCUT2D eigenvalue weighted by Crippen LogP contribution is -2.20. The topological polar surface area (TPSA) is 89.1 Å². The van der Waals surface area contributed by atoms with Crippen LogP contribution in [-0.4, -0.2) is 16.1 Å². The monoisotopic (exact) mass is 386 g/mol. The zero-order valence-electron chi connectivity index (χ0n) is 13.9. The van der Waals surface area contributed by atoms with Gasteiger partial charge in [0.15, 0.2) is 15.3 Å². The summed E-state index contributed by atoms with van der Waals surface area (Å²) in [5.41, 5.74) is 4.64. The van der Waals surface area contributed by atoms with Crippen molar-refractivity contribution in [3.63, 3.8) is 0 Å². The normalized spacial score (nSPS) is 15.0. The van der Waals surface area contributed by atoms with Crippen LogP contribution in [0, 0.1) is 0 Å². The second-order valence-corrected chi connectivity index (χ2v) is 8.53. The molecular weight excluding hydrogens is 368 g/mol. The Kier molecular flexibility index (Phi) is 4.62. The standard InChI is InChI=1S/C18H18N4O2S2/c23-26(24,22-18-20-10-11-25-18)16-6-4-15(5-7-16)21-12-14-3-1-2-13-8-9-19-17(13)14/h1-7,10-11,19,21H,8-9,12H2,(H-,20,22,23,24). The molecule has 2 heterocycles. The molecule has 1 aromatic heterocycles. The molecule has 2 aromatic carbocycles. The van der Waals surface area contributed by atoms with Crippen LogP contribution in [0.1, 0.15) is 11.1 Å². The molecule has 1 aliphatic heterocycles. The Morgan fingerprint density at radius 3 is 2.85 bits per heavy atom. The van der Waals surface area contributed by atoms with Crippen molar-refractivity contribution in [1.29, 1.82) is 0 Å². The number of benzene rings is 2. The number of para-hydroxylation sites is 1. The number of nitrogens with zero attached hydrogens (tertiary/aromatic N) is 1. The van der Waals surface area contributed by atoms with E-state index < -0.39 is 10.4 Å². The molecule has 0 aliphatic carbocycles. The van der Waals surface area contributed by atoms with Crippen molar-refractivity contribution in [2.45, 2.75) is 17.9 Å². The zero-order valence-corrected chi connectivity index (χ0v) is 15.5. The number of hydrogen-bond donors (Lipinski definition) is 3. The van der Waals surface area contributed by atoms with E-state index in [9.17, 15) is 8.76 Å². The molecule has 26 heavy (non-hydrogen) atoms. The van der Waals surface area contributed by atoms with Gasteiger partial charge in [0.1, 0.15) is 0 Å². The smallest absolute Gasteiger partial charge is 0.225 e. The molecule has 6 nitrogen and oxygen atoms in total. The van der Waals surface area contributed by atoms with Crippen LogP contribution in [0.3, 0.4) is 0 Å². The molecule has 1 unspecified atom stereocenters. The van der Waals surface area contributed by atoms with E-state index in [1.807, 2.05) is 0 Å². The molecule has 0 spiro atoms. The maximum absolute atomic E-state index is 12.3. The molecule has 0 bridgehead atoms. The summed E-state index contributed by atoms with van der Waals surface area (Å²) >= 11 is 1.24. The summed E-state index contributed by atoms with van der Waals surface area (Å²) in [7, 11) is -3.61. The molecule has 0 radical (unpaired) electrons. The van der Waals surface area contributed by atoms with Gasteiger partial charge in [-0.1, -0.05) is 22.4 Å². The number of rotatable bonds is 6. The lowest BCUT2D eigenvalue weighted by molar-refractivity contribution is 0.483. The first-order valence-corrected chi connectivity index (χ1v) is 10.6. The lowest BCUT2D eigenvalue weighted by Gasteiger charge is -2.15. The third-order valence-electron chi connectivity index (χ3n) is 4.23. The van der Waals surface area contributed by atoms with E-state index in [0.29, 0.717) is 11.7 Å². The maximum atomic E-state index is 12.3. The summed E-state index contributed by atoms with van der Waals surface area (Å²) < 4.78 is 27.2. The number of anilines is 3. The number of fused-ring (bicyclic) bond motifs is 1. The quantitative estimate of drug-likeness (QED) is 0.562. The first-order chi connectivity index (χ1) is 12.6. The third kappa shape index (κ3) is 3.57. The number of aromatic nitrogens is 1. The van der Waals surface area contributed by atoms with Crippen molar-refractivity contribution in [1.82, 2.24) is 4.98 Å². The predicted molar refractivity (Wildman–Crippen MR) is 105 cm³/mol. The van der Waals surface area contributed by atoms with Gasteiger partial charge in [-0.2, -0.15) is 4.72 Å². The second-order valence-electron chi connectivity index (χ2n) is 5.95. The summed E-state index contributed by atoms with van der Waals surface area (Å²) in [6, 6.07) is 13.0. The van der Waals surface area contributed by atoms with Crippen LogP contribution in [0.25, 0.3) is 0 Å². The van der Waals surface area contributed by atoms with Crippen LogP contribution in [-0.2, 0) is 27.6 Å². The van der Waals surface area contributed by atoms with E-state index in [1.165, 1.54) is 28.2 Å². The van der Waals surface area contributed by atoms with E-state index in [-0.39, 0.29) is 4.90 Å². The highest BCUT2D eigenvalue weighted by atomic mass is 32.3. The number of sulfonamides is 1. The van der Waals surface area contributed by atoms with E-state index >= 15 is 0 Å². The summed E-state index contributed by atoms with van der Waals surface area (Å²) in [6.45, 7) is 1.66. The summed E-state index contributed by atoms with van der Waals surface area (Å²) in [4.78, 5) is 4.15. The molecule has 134 valence electrons. The fraction of sp³-hybridized carbons (Fsp3) is 0.167. The van der Waals surface area contributed by atoms with Crippen LogP contribution >= 0.6 is 11.3 Å². The van der Waals surface area contributed by atoms with Crippen molar-refractivity contribution < 1.29 is 8.76 Å². The highest BCUT2D eigenvalue weighted by Gasteiger charge is 2.21. The van der Waals surface area contributed by atoms with Crippen molar-refractivity contribution in [3.8, 4) is 0 Å². The molecule has 1 aliphatic rings. The Labute approximate surface area is 157 Å². The van der Waals surface area contributed by atoms with Crippen LogP contribution in [0.4, 0.5) is 16.5 Å². The summed E-state index contributed by atoms with van der Waals surface area (Å²) in [5.74, 6) is 0. The van der Waals surface area contributed by atoms with Crippen molar-refractivity contribution in [2.75, 3.05) is 21.9 Å². The highest BCUT2D eigenvalue weighted by molar-refractivity contribution is 7.99. The Balaban J connectivity index is 1.43. The van der Waals surface area contributed by atoms with Crippen LogP contribution in [0.15, 0.2) is 58.9 Å². The fourth-order valence-corrected chi connectivity index (χ4v) is 4.74. The molecule has 0 fully saturated rings. The highest BCUT2D eigenvalue weighted by Crippen LogP contribution is 2.27.